The van der Waals surface area contributed by atoms with Gasteiger partial charge in [0.1, 0.15) is 11.6 Å². The molecule has 0 saturated heterocycles. The first-order chi connectivity index (χ1) is 8.63. The molecule has 1 atom stereocenters. The molecule has 0 saturated carbocycles. The summed E-state index contributed by atoms with van der Waals surface area (Å²) in [6.07, 6.45) is 1.97. The Balaban J connectivity index is 2.98. The molecule has 0 aliphatic rings. The highest BCUT2D eigenvalue weighted by molar-refractivity contribution is 5.22. The number of hydrogen-bond acceptors (Lipinski definition) is 2. The maximum atomic E-state index is 13.8. The van der Waals surface area contributed by atoms with Gasteiger partial charge in [-0.3, -0.25) is 4.90 Å². The first kappa shape index (κ1) is 15.1. The fourth-order valence-electron chi connectivity index (χ4n) is 2.24. The average Bonchev–Trinajstić information content (AvgIpc) is 2.33. The first-order valence-electron chi connectivity index (χ1n) is 6.53. The zero-order valence-electron chi connectivity index (χ0n) is 11.1. The van der Waals surface area contributed by atoms with Crippen LogP contribution in [0, 0.1) is 11.6 Å². The molecule has 0 radical (unpaired) electrons. The van der Waals surface area contributed by atoms with E-state index in [0.717, 1.165) is 32.0 Å². The molecule has 0 fully saturated rings. The highest BCUT2D eigenvalue weighted by atomic mass is 19.1. The fourth-order valence-corrected chi connectivity index (χ4v) is 2.24. The van der Waals surface area contributed by atoms with E-state index in [9.17, 15) is 8.78 Å². The van der Waals surface area contributed by atoms with Crippen molar-refractivity contribution in [3.63, 3.8) is 0 Å². The summed E-state index contributed by atoms with van der Waals surface area (Å²) in [6.45, 7) is 6.23. The van der Waals surface area contributed by atoms with Gasteiger partial charge in [0.25, 0.3) is 0 Å². The lowest BCUT2D eigenvalue weighted by Gasteiger charge is -2.31. The number of nitrogens with two attached hydrogens (primary N) is 1. The molecule has 1 rings (SSSR count). The van der Waals surface area contributed by atoms with E-state index in [-0.39, 0.29) is 6.04 Å². The second-order valence-corrected chi connectivity index (χ2v) is 4.45. The third kappa shape index (κ3) is 3.75. The summed E-state index contributed by atoms with van der Waals surface area (Å²) in [5, 5.41) is 0. The number of benzene rings is 1. The maximum absolute atomic E-state index is 13.8. The van der Waals surface area contributed by atoms with Crippen LogP contribution in [-0.2, 0) is 0 Å². The summed E-state index contributed by atoms with van der Waals surface area (Å²) < 4.78 is 26.7. The predicted octanol–water partition coefficient (Wildman–Crippen LogP) is 3.09. The predicted molar refractivity (Wildman–Crippen MR) is 70.3 cm³/mol. The minimum atomic E-state index is -0.551. The summed E-state index contributed by atoms with van der Waals surface area (Å²) in [6, 6.07) is 3.54. The highest BCUT2D eigenvalue weighted by Crippen LogP contribution is 2.23. The monoisotopic (exact) mass is 256 g/mol. The average molecular weight is 256 g/mol. The van der Waals surface area contributed by atoms with E-state index < -0.39 is 11.6 Å². The van der Waals surface area contributed by atoms with Gasteiger partial charge in [0.2, 0.25) is 0 Å². The summed E-state index contributed by atoms with van der Waals surface area (Å²) in [5.41, 5.74) is 6.26. The lowest BCUT2D eigenvalue weighted by atomic mass is 10.0. The van der Waals surface area contributed by atoms with Crippen LogP contribution in [0.15, 0.2) is 18.2 Å². The van der Waals surface area contributed by atoms with E-state index in [0.29, 0.717) is 12.1 Å². The Kier molecular flexibility index (Phi) is 6.22. The second kappa shape index (κ2) is 7.44. The third-order valence-electron chi connectivity index (χ3n) is 3.01. The zero-order valence-corrected chi connectivity index (χ0v) is 11.1. The van der Waals surface area contributed by atoms with Gasteiger partial charge in [-0.05, 0) is 32.0 Å². The molecule has 0 bridgehead atoms. The summed E-state index contributed by atoms with van der Waals surface area (Å²) in [4.78, 5) is 2.16. The molecule has 4 heteroatoms. The molecule has 0 spiro atoms. The lowest BCUT2D eigenvalue weighted by molar-refractivity contribution is 0.198. The molecule has 0 heterocycles. The van der Waals surface area contributed by atoms with Crippen molar-refractivity contribution in [3.8, 4) is 0 Å². The van der Waals surface area contributed by atoms with E-state index in [1.54, 1.807) is 0 Å². The second-order valence-electron chi connectivity index (χ2n) is 4.45. The Bertz CT molecular complexity index is 363. The normalized spacial score (nSPS) is 13.0. The van der Waals surface area contributed by atoms with Gasteiger partial charge in [-0.2, -0.15) is 0 Å². The molecule has 1 aromatic carbocycles. The summed E-state index contributed by atoms with van der Waals surface area (Å²) >= 11 is 0. The summed E-state index contributed by atoms with van der Waals surface area (Å²) in [5.74, 6) is -1.06. The lowest BCUT2D eigenvalue weighted by Crippen LogP contribution is -2.35. The molecular formula is C14H22F2N2. The molecule has 18 heavy (non-hydrogen) atoms. The van der Waals surface area contributed by atoms with Gasteiger partial charge < -0.3 is 5.73 Å². The van der Waals surface area contributed by atoms with Gasteiger partial charge in [-0.15, -0.1) is 0 Å². The van der Waals surface area contributed by atoms with Crippen LogP contribution in [0.4, 0.5) is 8.78 Å². The molecule has 2 N–H and O–H groups in total. The van der Waals surface area contributed by atoms with Crippen molar-refractivity contribution < 1.29 is 8.78 Å². The van der Waals surface area contributed by atoms with Crippen LogP contribution in [0.25, 0.3) is 0 Å². The molecule has 1 unspecified atom stereocenters. The van der Waals surface area contributed by atoms with E-state index in [4.69, 9.17) is 5.73 Å². The Morgan fingerprint density at radius 2 is 1.78 bits per heavy atom. The molecule has 0 aromatic heterocycles. The van der Waals surface area contributed by atoms with E-state index in [1.165, 1.54) is 12.1 Å². The van der Waals surface area contributed by atoms with Crippen molar-refractivity contribution in [2.75, 3.05) is 19.6 Å². The third-order valence-corrected chi connectivity index (χ3v) is 3.01. The smallest absolute Gasteiger partial charge is 0.130 e. The SMILES string of the molecule is CCCN(CCC)C(CN)c1ccc(F)cc1F. The van der Waals surface area contributed by atoms with E-state index in [1.807, 2.05) is 0 Å². The fraction of sp³-hybridized carbons (Fsp3) is 0.571. The van der Waals surface area contributed by atoms with Crippen LogP contribution >= 0.6 is 0 Å². The topological polar surface area (TPSA) is 29.3 Å². The molecule has 2 nitrogen and oxygen atoms in total. The van der Waals surface area contributed by atoms with Crippen LogP contribution in [0.1, 0.15) is 38.3 Å². The Labute approximate surface area is 108 Å². The molecular weight excluding hydrogens is 234 g/mol. The van der Waals surface area contributed by atoms with Crippen LogP contribution in [0.2, 0.25) is 0 Å². The summed E-state index contributed by atoms with van der Waals surface area (Å²) in [7, 11) is 0. The Hall–Kier alpha value is -1.00. The van der Waals surface area contributed by atoms with Crippen molar-refractivity contribution in [1.29, 1.82) is 0 Å². The number of hydrogen-bond donors (Lipinski definition) is 1. The van der Waals surface area contributed by atoms with Gasteiger partial charge >= 0.3 is 0 Å². The minimum Gasteiger partial charge on any atom is -0.329 e. The van der Waals surface area contributed by atoms with Crippen molar-refractivity contribution in [2.45, 2.75) is 32.7 Å². The minimum absolute atomic E-state index is 0.175. The maximum Gasteiger partial charge on any atom is 0.130 e. The largest absolute Gasteiger partial charge is 0.329 e. The highest BCUT2D eigenvalue weighted by Gasteiger charge is 2.21. The number of halogens is 2. The van der Waals surface area contributed by atoms with Crippen LogP contribution in [0.3, 0.4) is 0 Å². The van der Waals surface area contributed by atoms with Crippen molar-refractivity contribution in [2.24, 2.45) is 5.73 Å². The Morgan fingerprint density at radius 1 is 1.17 bits per heavy atom. The van der Waals surface area contributed by atoms with Gasteiger partial charge in [-0.1, -0.05) is 19.9 Å². The quantitative estimate of drug-likeness (QED) is 0.812. The van der Waals surface area contributed by atoms with E-state index in [2.05, 4.69) is 18.7 Å². The van der Waals surface area contributed by atoms with E-state index >= 15 is 0 Å². The van der Waals surface area contributed by atoms with Gasteiger partial charge in [0, 0.05) is 24.2 Å². The molecule has 0 aliphatic carbocycles. The molecule has 0 amide bonds. The zero-order chi connectivity index (χ0) is 13.5. The molecule has 0 aliphatic heterocycles. The first-order valence-corrected chi connectivity index (χ1v) is 6.53. The van der Waals surface area contributed by atoms with Crippen molar-refractivity contribution >= 4 is 0 Å². The van der Waals surface area contributed by atoms with Gasteiger partial charge in [0.05, 0.1) is 0 Å². The van der Waals surface area contributed by atoms with Crippen molar-refractivity contribution in [3.05, 3.63) is 35.4 Å². The van der Waals surface area contributed by atoms with Gasteiger partial charge in [-0.25, -0.2) is 8.78 Å². The standard InChI is InChI=1S/C14H22F2N2/c1-3-7-18(8-4-2)14(10-17)12-6-5-11(15)9-13(12)16/h5-6,9,14H,3-4,7-8,10,17H2,1-2H3. The molecule has 1 aromatic rings. The van der Waals surface area contributed by atoms with Gasteiger partial charge in [0.15, 0.2) is 0 Å². The van der Waals surface area contributed by atoms with Crippen LogP contribution < -0.4 is 5.73 Å². The molecule has 102 valence electrons. The van der Waals surface area contributed by atoms with Crippen molar-refractivity contribution in [1.82, 2.24) is 4.90 Å². The Morgan fingerprint density at radius 3 is 2.22 bits per heavy atom. The van der Waals surface area contributed by atoms with Crippen LogP contribution in [-0.4, -0.2) is 24.5 Å². The number of nitrogens with zero attached hydrogens (tertiary/aromatic N) is 1. The number of rotatable bonds is 7. The van der Waals surface area contributed by atoms with Crippen LogP contribution in [0.5, 0.6) is 0 Å².